The number of primary amides is 1. The van der Waals surface area contributed by atoms with E-state index in [9.17, 15) is 9.59 Å². The molecule has 0 atom stereocenters. The van der Waals surface area contributed by atoms with Crippen LogP contribution in [0.3, 0.4) is 0 Å². The number of nitrogens with zero attached hydrogens (tertiary/aromatic N) is 1. The molecule has 29 heavy (non-hydrogen) atoms. The van der Waals surface area contributed by atoms with E-state index < -0.39 is 5.91 Å². The first-order valence-corrected chi connectivity index (χ1v) is 10.6. The highest BCUT2D eigenvalue weighted by atomic mass is 16.5. The maximum absolute atomic E-state index is 12.5. The Kier molecular flexibility index (Phi) is 6.78. The van der Waals surface area contributed by atoms with Crippen molar-refractivity contribution in [1.82, 2.24) is 4.57 Å². The lowest BCUT2D eigenvalue weighted by Gasteiger charge is -2.24. The highest BCUT2D eigenvalue weighted by Crippen LogP contribution is 2.36. The number of carbonyl (C=O) groups excluding carboxylic acids is 2. The van der Waals surface area contributed by atoms with E-state index in [4.69, 9.17) is 10.5 Å². The van der Waals surface area contributed by atoms with Gasteiger partial charge in [-0.2, -0.15) is 0 Å². The van der Waals surface area contributed by atoms with Gasteiger partial charge in [-0.15, -0.1) is 0 Å². The van der Waals surface area contributed by atoms with Crippen molar-refractivity contribution in [3.05, 3.63) is 46.8 Å². The van der Waals surface area contributed by atoms with E-state index in [1.54, 1.807) is 0 Å². The van der Waals surface area contributed by atoms with E-state index in [1.165, 1.54) is 39.2 Å². The molecule has 1 heterocycles. The third-order valence-electron chi connectivity index (χ3n) is 6.18. The largest absolute Gasteiger partial charge is 0.469 e. The molecule has 5 nitrogen and oxygen atoms in total. The van der Waals surface area contributed by atoms with Crippen molar-refractivity contribution in [3.63, 3.8) is 0 Å². The molecular weight excluding hydrogens is 364 g/mol. The fourth-order valence-corrected chi connectivity index (χ4v) is 4.59. The summed E-state index contributed by atoms with van der Waals surface area (Å²) in [6.45, 7) is 4.88. The summed E-state index contributed by atoms with van der Waals surface area (Å²) in [6.07, 6.45) is 7.04. The highest BCUT2D eigenvalue weighted by molar-refractivity contribution is 6.02. The first-order chi connectivity index (χ1) is 13.9. The molecule has 0 radical (unpaired) electrons. The van der Waals surface area contributed by atoms with Crippen molar-refractivity contribution in [2.75, 3.05) is 7.11 Å². The van der Waals surface area contributed by atoms with E-state index in [0.717, 1.165) is 34.6 Å². The Morgan fingerprint density at radius 3 is 2.34 bits per heavy atom. The van der Waals surface area contributed by atoms with Gasteiger partial charge in [0.15, 0.2) is 0 Å². The van der Waals surface area contributed by atoms with Gasteiger partial charge in [0.2, 0.25) is 0 Å². The van der Waals surface area contributed by atoms with Gasteiger partial charge in [0.25, 0.3) is 5.91 Å². The molecule has 3 rings (SSSR count). The number of ether oxygens (including phenoxy) is 1. The van der Waals surface area contributed by atoms with Crippen molar-refractivity contribution < 1.29 is 14.3 Å². The molecule has 5 heteroatoms. The molecule has 156 valence electrons. The van der Waals surface area contributed by atoms with Crippen LogP contribution in [0.15, 0.2) is 24.3 Å². The number of rotatable bonds is 7. The average molecular weight is 397 g/mol. The summed E-state index contributed by atoms with van der Waals surface area (Å²) < 4.78 is 7.11. The fraction of sp³-hybridized carbons (Fsp3) is 0.500. The van der Waals surface area contributed by atoms with Crippen molar-refractivity contribution in [3.8, 4) is 11.1 Å². The standard InChI is InChI=1S/C24H32N2O3/c1-16-9-11-19(12-10-16)23-20(13-14-21(27)29-3)26(17(2)22(23)24(25)28)15-18-7-5-4-6-8-18/h9-12,18H,4-8,13-15H2,1-3H3,(H2,25,28). The van der Waals surface area contributed by atoms with Crippen LogP contribution in [0.5, 0.6) is 0 Å². The summed E-state index contributed by atoms with van der Waals surface area (Å²) in [5.74, 6) is -0.0679. The van der Waals surface area contributed by atoms with Gasteiger partial charge in [-0.05, 0) is 44.6 Å². The van der Waals surface area contributed by atoms with Crippen LogP contribution in [0.25, 0.3) is 11.1 Å². The maximum Gasteiger partial charge on any atom is 0.305 e. The molecule has 0 bridgehead atoms. The number of hydrogen-bond acceptors (Lipinski definition) is 3. The minimum Gasteiger partial charge on any atom is -0.469 e. The number of carbonyl (C=O) groups is 2. The minimum absolute atomic E-state index is 0.247. The summed E-state index contributed by atoms with van der Waals surface area (Å²) in [4.78, 5) is 24.3. The number of aromatic nitrogens is 1. The fourth-order valence-electron chi connectivity index (χ4n) is 4.59. The third kappa shape index (κ3) is 4.72. The highest BCUT2D eigenvalue weighted by Gasteiger charge is 2.27. The second-order valence-corrected chi connectivity index (χ2v) is 8.20. The van der Waals surface area contributed by atoms with E-state index in [0.29, 0.717) is 17.9 Å². The zero-order valence-electron chi connectivity index (χ0n) is 17.8. The van der Waals surface area contributed by atoms with Crippen molar-refractivity contribution in [1.29, 1.82) is 0 Å². The number of esters is 1. The SMILES string of the molecule is COC(=O)CCc1c(-c2ccc(C)cc2)c(C(N)=O)c(C)n1CC1CCCCC1. The van der Waals surface area contributed by atoms with Gasteiger partial charge in [0.1, 0.15) is 0 Å². The predicted molar refractivity (Wildman–Crippen MR) is 115 cm³/mol. The molecule has 1 aliphatic rings. The van der Waals surface area contributed by atoms with Crippen LogP contribution in [0.1, 0.15) is 65.8 Å². The van der Waals surface area contributed by atoms with E-state index in [2.05, 4.69) is 4.57 Å². The zero-order valence-corrected chi connectivity index (χ0v) is 17.8. The van der Waals surface area contributed by atoms with Crippen LogP contribution in [0, 0.1) is 19.8 Å². The summed E-state index contributed by atoms with van der Waals surface area (Å²) in [7, 11) is 1.41. The van der Waals surface area contributed by atoms with E-state index >= 15 is 0 Å². The van der Waals surface area contributed by atoms with E-state index in [1.807, 2.05) is 38.1 Å². The average Bonchev–Trinajstić information content (AvgIpc) is 2.99. The molecule has 1 amide bonds. The molecular formula is C24H32N2O3. The molecule has 2 aromatic rings. The Balaban J connectivity index is 2.11. The Bertz CT molecular complexity index is 875. The topological polar surface area (TPSA) is 74.3 Å². The molecule has 1 aromatic carbocycles. The molecule has 1 aromatic heterocycles. The number of methoxy groups -OCH3 is 1. The second-order valence-electron chi connectivity index (χ2n) is 8.20. The number of aryl methyl sites for hydroxylation is 1. The maximum atomic E-state index is 12.5. The molecule has 0 unspecified atom stereocenters. The molecule has 0 saturated heterocycles. The van der Waals surface area contributed by atoms with Crippen LogP contribution in [-0.4, -0.2) is 23.6 Å². The van der Waals surface area contributed by atoms with Crippen LogP contribution >= 0.6 is 0 Å². The molecule has 2 N–H and O–H groups in total. The molecule has 1 fully saturated rings. The Morgan fingerprint density at radius 2 is 1.76 bits per heavy atom. The Labute approximate surface area is 173 Å². The summed E-state index contributed by atoms with van der Waals surface area (Å²) in [6, 6.07) is 8.14. The van der Waals surface area contributed by atoms with Gasteiger partial charge in [0, 0.05) is 23.5 Å². The second kappa shape index (κ2) is 9.29. The quantitative estimate of drug-likeness (QED) is 0.697. The van der Waals surface area contributed by atoms with Gasteiger partial charge < -0.3 is 15.0 Å². The van der Waals surface area contributed by atoms with Gasteiger partial charge in [0.05, 0.1) is 19.1 Å². The van der Waals surface area contributed by atoms with Crippen molar-refractivity contribution in [2.24, 2.45) is 11.7 Å². The number of benzene rings is 1. The van der Waals surface area contributed by atoms with E-state index in [-0.39, 0.29) is 12.4 Å². The zero-order chi connectivity index (χ0) is 21.0. The Morgan fingerprint density at radius 1 is 1.10 bits per heavy atom. The minimum atomic E-state index is -0.417. The van der Waals surface area contributed by atoms with Crippen LogP contribution in [0.2, 0.25) is 0 Å². The summed E-state index contributed by atoms with van der Waals surface area (Å²) in [5, 5.41) is 0. The van der Waals surface area contributed by atoms with Gasteiger partial charge in [-0.25, -0.2) is 0 Å². The normalized spacial score (nSPS) is 14.7. The summed E-state index contributed by atoms with van der Waals surface area (Å²) >= 11 is 0. The van der Waals surface area contributed by atoms with Crippen molar-refractivity contribution >= 4 is 11.9 Å². The van der Waals surface area contributed by atoms with Gasteiger partial charge >= 0.3 is 5.97 Å². The molecule has 1 saturated carbocycles. The van der Waals surface area contributed by atoms with Gasteiger partial charge in [-0.3, -0.25) is 9.59 Å². The molecule has 1 aliphatic carbocycles. The molecule has 0 aliphatic heterocycles. The smallest absolute Gasteiger partial charge is 0.305 e. The summed E-state index contributed by atoms with van der Waals surface area (Å²) in [5.41, 5.74) is 11.3. The van der Waals surface area contributed by atoms with Crippen molar-refractivity contribution in [2.45, 2.75) is 65.3 Å². The number of hydrogen-bond donors (Lipinski definition) is 1. The third-order valence-corrected chi connectivity index (χ3v) is 6.18. The first kappa shape index (κ1) is 21.2. The van der Waals surface area contributed by atoms with Crippen LogP contribution in [0.4, 0.5) is 0 Å². The number of nitrogens with two attached hydrogens (primary N) is 1. The lowest BCUT2D eigenvalue weighted by Crippen LogP contribution is -2.18. The first-order valence-electron chi connectivity index (χ1n) is 10.6. The van der Waals surface area contributed by atoms with Crippen LogP contribution in [-0.2, 0) is 22.5 Å². The molecule has 0 spiro atoms. The lowest BCUT2D eigenvalue weighted by molar-refractivity contribution is -0.140. The monoisotopic (exact) mass is 396 g/mol. The van der Waals surface area contributed by atoms with Gasteiger partial charge in [-0.1, -0.05) is 49.1 Å². The lowest BCUT2D eigenvalue weighted by atomic mass is 9.89. The Hall–Kier alpha value is -2.56. The van der Waals surface area contributed by atoms with Crippen LogP contribution < -0.4 is 5.73 Å². The predicted octanol–water partition coefficient (Wildman–Crippen LogP) is 4.56. The number of amides is 1.